The molecule has 1 fully saturated rings. The molecule has 33 heavy (non-hydrogen) atoms. The molecule has 0 saturated carbocycles. The number of hydrogen-bond acceptors (Lipinski definition) is 7. The van der Waals surface area contributed by atoms with E-state index in [1.54, 1.807) is 12.3 Å². The monoisotopic (exact) mass is 476 g/mol. The lowest BCUT2D eigenvalue weighted by molar-refractivity contribution is -0.141. The highest BCUT2D eigenvalue weighted by molar-refractivity contribution is 6.06. The van der Waals surface area contributed by atoms with E-state index in [0.717, 1.165) is 32.4 Å². The molecular weight excluding hydrogens is 451 g/mol. The van der Waals surface area contributed by atoms with E-state index < -0.39 is 36.4 Å². The number of fused-ring (bicyclic) bond motifs is 1. The molecule has 182 valence electrons. The molecule has 3 aliphatic heterocycles. The van der Waals surface area contributed by atoms with Crippen LogP contribution >= 0.6 is 0 Å². The van der Waals surface area contributed by atoms with Crippen molar-refractivity contribution in [3.05, 3.63) is 35.6 Å². The van der Waals surface area contributed by atoms with Gasteiger partial charge >= 0.3 is 6.18 Å². The van der Waals surface area contributed by atoms with E-state index in [2.05, 4.69) is 26.2 Å². The molecule has 9 nitrogen and oxygen atoms in total. The summed E-state index contributed by atoms with van der Waals surface area (Å²) < 4.78 is 65.4. The lowest BCUT2D eigenvalue weighted by Crippen LogP contribution is -2.46. The van der Waals surface area contributed by atoms with E-state index in [-0.39, 0.29) is 17.9 Å². The van der Waals surface area contributed by atoms with Gasteiger partial charge in [0.15, 0.2) is 11.5 Å². The molecule has 1 saturated heterocycles. The number of nitrogens with one attached hydrogen (secondary N) is 3. The van der Waals surface area contributed by atoms with Gasteiger partial charge in [-0.1, -0.05) is 13.8 Å². The molecule has 1 aromatic rings. The smallest absolute Gasteiger partial charge is 0.354 e. The van der Waals surface area contributed by atoms with Gasteiger partial charge in [0.1, 0.15) is 12.4 Å². The third-order valence-electron chi connectivity index (χ3n) is 4.84. The second-order valence-corrected chi connectivity index (χ2v) is 6.99. The van der Waals surface area contributed by atoms with Crippen molar-refractivity contribution in [1.29, 1.82) is 0 Å². The van der Waals surface area contributed by atoms with Gasteiger partial charge in [-0.05, 0) is 6.08 Å². The summed E-state index contributed by atoms with van der Waals surface area (Å²) in [7, 11) is 0. The minimum Gasteiger partial charge on any atom is -0.354 e. The molecule has 3 N–H and O–H groups in total. The average molecular weight is 476 g/mol. The maximum Gasteiger partial charge on any atom is 0.437 e. The first kappa shape index (κ1) is 24.6. The van der Waals surface area contributed by atoms with Crippen LogP contribution in [-0.4, -0.2) is 70.6 Å². The van der Waals surface area contributed by atoms with E-state index >= 15 is 0 Å². The van der Waals surface area contributed by atoms with Gasteiger partial charge in [0, 0.05) is 45.1 Å². The first-order chi connectivity index (χ1) is 15.7. The molecule has 4 rings (SSSR count). The summed E-state index contributed by atoms with van der Waals surface area (Å²) in [6, 6.07) is 0. The minimum atomic E-state index is -4.92. The Hall–Kier alpha value is -3.00. The van der Waals surface area contributed by atoms with Crippen molar-refractivity contribution in [2.75, 3.05) is 38.0 Å². The van der Waals surface area contributed by atoms with Crippen LogP contribution in [0, 0.1) is 0 Å². The van der Waals surface area contributed by atoms with Crippen molar-refractivity contribution in [3.63, 3.8) is 0 Å². The van der Waals surface area contributed by atoms with Crippen LogP contribution in [0.15, 0.2) is 34.9 Å². The van der Waals surface area contributed by atoms with Crippen LogP contribution in [0.4, 0.5) is 27.6 Å². The quantitative estimate of drug-likeness (QED) is 0.576. The van der Waals surface area contributed by atoms with Crippen molar-refractivity contribution >= 4 is 17.4 Å². The number of hydrazine groups is 1. The van der Waals surface area contributed by atoms with Crippen molar-refractivity contribution in [1.82, 2.24) is 30.4 Å². The number of rotatable bonds is 4. The standard InChI is InChI=1S/C17H19F5N8O.C2H6/c18-12(19)9-29-8-11(14(27-29)17(20,21)22)25-16(31)10-7-24-30-4-1-13(26-15(10)30)28-5-2-23-3-6-28;1-2/h1,4,8,12,23-24H,2-3,5-7,9H2,(H,25,31);1-2H3. The molecule has 0 radical (unpaired) electrons. The Kier molecular flexibility index (Phi) is 7.68. The molecule has 0 atom stereocenters. The molecule has 14 heteroatoms. The number of aromatic nitrogens is 2. The van der Waals surface area contributed by atoms with Gasteiger partial charge in [0.2, 0.25) is 0 Å². The van der Waals surface area contributed by atoms with Crippen LogP contribution < -0.4 is 16.1 Å². The molecule has 0 unspecified atom stereocenters. The summed E-state index contributed by atoms with van der Waals surface area (Å²) in [4.78, 5) is 19.3. The van der Waals surface area contributed by atoms with Crippen molar-refractivity contribution in [2.24, 2.45) is 4.99 Å². The van der Waals surface area contributed by atoms with Gasteiger partial charge < -0.3 is 15.5 Å². The summed E-state index contributed by atoms with van der Waals surface area (Å²) in [6.07, 6.45) is -3.61. The lowest BCUT2D eigenvalue weighted by atomic mass is 10.2. The van der Waals surface area contributed by atoms with Crippen LogP contribution in [0.5, 0.6) is 0 Å². The van der Waals surface area contributed by atoms with Gasteiger partial charge in [-0.2, -0.15) is 18.3 Å². The van der Waals surface area contributed by atoms with Crippen LogP contribution in [0.3, 0.4) is 0 Å². The Bertz CT molecular complexity index is 946. The largest absolute Gasteiger partial charge is 0.437 e. The predicted molar refractivity (Wildman–Crippen MR) is 111 cm³/mol. The molecule has 0 bridgehead atoms. The maximum atomic E-state index is 13.3. The molecule has 0 aliphatic carbocycles. The number of halogens is 5. The summed E-state index contributed by atoms with van der Waals surface area (Å²) >= 11 is 0. The van der Waals surface area contributed by atoms with Gasteiger partial charge in [-0.3, -0.25) is 14.5 Å². The lowest BCUT2D eigenvalue weighted by Gasteiger charge is -2.31. The number of hydrogen-bond donors (Lipinski definition) is 3. The van der Waals surface area contributed by atoms with E-state index in [1.165, 1.54) is 5.01 Å². The van der Waals surface area contributed by atoms with Crippen molar-refractivity contribution in [2.45, 2.75) is 33.0 Å². The highest BCUT2D eigenvalue weighted by Gasteiger charge is 2.39. The minimum absolute atomic E-state index is 0.0381. The molecule has 0 spiro atoms. The molecule has 0 aromatic carbocycles. The molecule has 4 heterocycles. The molecule has 3 aliphatic rings. The number of amides is 1. The van der Waals surface area contributed by atoms with Crippen LogP contribution in [0.25, 0.3) is 0 Å². The fraction of sp³-hybridized carbons (Fsp3) is 0.526. The Morgan fingerprint density at radius 2 is 1.94 bits per heavy atom. The Labute approximate surface area is 187 Å². The Morgan fingerprint density at radius 3 is 2.58 bits per heavy atom. The van der Waals surface area contributed by atoms with Gasteiger partial charge in [0.05, 0.1) is 11.3 Å². The van der Waals surface area contributed by atoms with Crippen LogP contribution in [-0.2, 0) is 17.5 Å². The SMILES string of the molecule is CC.O=C(Nc1cn(CC(F)F)nc1C(F)(F)F)C1=C2N=C(N3CCNCC3)C=CN2NC1. The summed E-state index contributed by atoms with van der Waals surface area (Å²) in [6.45, 7) is 6.03. The summed E-state index contributed by atoms with van der Waals surface area (Å²) in [5, 5.41) is 10.0. The number of carbonyl (C=O) groups is 1. The highest BCUT2D eigenvalue weighted by atomic mass is 19.4. The second-order valence-electron chi connectivity index (χ2n) is 6.99. The number of aliphatic imine (C=N–C) groups is 1. The number of carbonyl (C=O) groups excluding carboxylic acids is 1. The van der Waals surface area contributed by atoms with E-state index in [9.17, 15) is 26.7 Å². The fourth-order valence-electron chi connectivity index (χ4n) is 3.40. The number of alkyl halides is 5. The van der Waals surface area contributed by atoms with Gasteiger partial charge in [0.25, 0.3) is 12.3 Å². The predicted octanol–water partition coefficient (Wildman–Crippen LogP) is 1.99. The number of piperazine rings is 1. The molecule has 1 amide bonds. The van der Waals surface area contributed by atoms with E-state index in [1.807, 2.05) is 18.7 Å². The number of amidine groups is 1. The first-order valence-corrected chi connectivity index (χ1v) is 10.4. The Morgan fingerprint density at radius 1 is 1.24 bits per heavy atom. The fourth-order valence-corrected chi connectivity index (χ4v) is 3.40. The third kappa shape index (κ3) is 5.68. The highest BCUT2D eigenvalue weighted by Crippen LogP contribution is 2.34. The van der Waals surface area contributed by atoms with Crippen LogP contribution in [0.2, 0.25) is 0 Å². The third-order valence-corrected chi connectivity index (χ3v) is 4.84. The number of nitrogens with zero attached hydrogens (tertiary/aromatic N) is 5. The zero-order valence-electron chi connectivity index (χ0n) is 18.1. The summed E-state index contributed by atoms with van der Waals surface area (Å²) in [5.74, 6) is 0.0790. The van der Waals surface area contributed by atoms with E-state index in [0.29, 0.717) is 10.5 Å². The van der Waals surface area contributed by atoms with Crippen LogP contribution in [0.1, 0.15) is 19.5 Å². The van der Waals surface area contributed by atoms with Gasteiger partial charge in [-0.15, -0.1) is 0 Å². The maximum absolute atomic E-state index is 13.3. The van der Waals surface area contributed by atoms with E-state index in [4.69, 9.17) is 0 Å². The average Bonchev–Trinajstić information content (AvgIpc) is 3.38. The molecule has 1 aromatic heterocycles. The Balaban J connectivity index is 0.00000149. The zero-order valence-corrected chi connectivity index (χ0v) is 18.1. The van der Waals surface area contributed by atoms with Gasteiger partial charge in [-0.25, -0.2) is 19.2 Å². The normalized spacial score (nSPS) is 18.2. The molecular formula is C19H25F5N8O. The zero-order chi connectivity index (χ0) is 24.2. The first-order valence-electron chi connectivity index (χ1n) is 10.4. The summed E-state index contributed by atoms with van der Waals surface area (Å²) in [5.41, 5.74) is 0.890. The second kappa shape index (κ2) is 10.3. The van der Waals surface area contributed by atoms with Crippen molar-refractivity contribution in [3.8, 4) is 0 Å². The van der Waals surface area contributed by atoms with Crippen molar-refractivity contribution < 1.29 is 26.7 Å². The number of anilines is 1. The topological polar surface area (TPSA) is 89.8 Å².